The summed E-state index contributed by atoms with van der Waals surface area (Å²) in [6.07, 6.45) is 1.72. The van der Waals surface area contributed by atoms with Crippen molar-refractivity contribution >= 4 is 33.2 Å². The number of nitrogens with one attached hydrogen (secondary N) is 1. The number of hydrogen-bond donors (Lipinski definition) is 1. The van der Waals surface area contributed by atoms with Crippen LogP contribution in [0.15, 0.2) is 28.9 Å². The third-order valence-electron chi connectivity index (χ3n) is 2.20. The molecule has 0 spiro atoms. The molecule has 0 fully saturated rings. The summed E-state index contributed by atoms with van der Waals surface area (Å²) in [5.41, 5.74) is 1.88. The minimum atomic E-state index is 0.639. The van der Waals surface area contributed by atoms with Gasteiger partial charge in [-0.2, -0.15) is 0 Å². The number of rotatable bonds is 3. The fraction of sp³-hybridized carbons (Fsp3) is 0.200. The summed E-state index contributed by atoms with van der Waals surface area (Å²) in [6.45, 7) is 0.639. The monoisotopic (exact) mass is 300 g/mol. The van der Waals surface area contributed by atoms with Gasteiger partial charge >= 0.3 is 0 Å². The molecule has 0 atom stereocenters. The van der Waals surface area contributed by atoms with E-state index in [9.17, 15) is 0 Å². The number of anilines is 1. The lowest BCUT2D eigenvalue weighted by Gasteiger charge is -2.08. The number of nitrogens with zero attached hydrogens (tertiary/aromatic N) is 3. The van der Waals surface area contributed by atoms with E-state index in [1.165, 1.54) is 0 Å². The van der Waals surface area contributed by atoms with E-state index in [1.54, 1.807) is 10.9 Å². The Hall–Kier alpha value is -1.07. The number of benzene rings is 1. The van der Waals surface area contributed by atoms with Gasteiger partial charge in [0.1, 0.15) is 0 Å². The largest absolute Gasteiger partial charge is 0.378 e. The molecule has 0 saturated heterocycles. The van der Waals surface area contributed by atoms with Crippen LogP contribution in [0.5, 0.6) is 0 Å². The van der Waals surface area contributed by atoms with Crippen molar-refractivity contribution in [2.45, 2.75) is 6.54 Å². The molecule has 1 aromatic carbocycles. The number of hydrogen-bond acceptors (Lipinski definition) is 3. The molecule has 84 valence electrons. The van der Waals surface area contributed by atoms with Gasteiger partial charge in [-0.05, 0) is 18.2 Å². The first-order chi connectivity index (χ1) is 7.66. The molecule has 0 aliphatic heterocycles. The maximum Gasteiger partial charge on any atom is 0.0774 e. The van der Waals surface area contributed by atoms with Gasteiger partial charge in [-0.3, -0.25) is 4.68 Å². The normalized spacial score (nSPS) is 10.4. The second kappa shape index (κ2) is 4.84. The maximum atomic E-state index is 6.05. The van der Waals surface area contributed by atoms with E-state index in [-0.39, 0.29) is 0 Å². The maximum absolute atomic E-state index is 6.05. The Kier molecular flexibility index (Phi) is 3.46. The lowest BCUT2D eigenvalue weighted by Crippen LogP contribution is -2.05. The zero-order valence-electron chi connectivity index (χ0n) is 8.61. The molecule has 0 saturated carbocycles. The zero-order valence-corrected chi connectivity index (χ0v) is 11.0. The Balaban J connectivity index is 2.10. The summed E-state index contributed by atoms with van der Waals surface area (Å²) < 4.78 is 2.71. The molecule has 0 bridgehead atoms. The fourth-order valence-corrected chi connectivity index (χ4v) is 1.84. The highest BCUT2D eigenvalue weighted by Gasteiger charge is 2.03. The molecule has 16 heavy (non-hydrogen) atoms. The van der Waals surface area contributed by atoms with Crippen LogP contribution in [0.25, 0.3) is 0 Å². The molecule has 0 radical (unpaired) electrons. The van der Waals surface area contributed by atoms with Crippen LogP contribution >= 0.6 is 27.5 Å². The number of halogens is 2. The summed E-state index contributed by atoms with van der Waals surface area (Å²) in [5, 5.41) is 11.6. The average molecular weight is 302 g/mol. The van der Waals surface area contributed by atoms with Crippen LogP contribution in [0, 0.1) is 0 Å². The summed E-state index contributed by atoms with van der Waals surface area (Å²) in [5.74, 6) is 0. The van der Waals surface area contributed by atoms with Gasteiger partial charge in [-0.25, -0.2) is 0 Å². The van der Waals surface area contributed by atoms with E-state index in [4.69, 9.17) is 11.6 Å². The Labute approximate surface area is 107 Å². The number of aromatic nitrogens is 3. The average Bonchev–Trinajstić information content (AvgIpc) is 2.66. The van der Waals surface area contributed by atoms with E-state index < -0.39 is 0 Å². The summed E-state index contributed by atoms with van der Waals surface area (Å²) >= 11 is 9.46. The molecule has 1 aromatic heterocycles. The minimum absolute atomic E-state index is 0.639. The van der Waals surface area contributed by atoms with Crippen LogP contribution in [0.4, 0.5) is 5.69 Å². The van der Waals surface area contributed by atoms with Gasteiger partial charge in [0.05, 0.1) is 29.1 Å². The van der Waals surface area contributed by atoms with Crippen molar-refractivity contribution in [2.75, 3.05) is 5.32 Å². The van der Waals surface area contributed by atoms with Crippen LogP contribution in [0.3, 0.4) is 0 Å². The van der Waals surface area contributed by atoms with Gasteiger partial charge in [0.2, 0.25) is 0 Å². The highest BCUT2D eigenvalue weighted by molar-refractivity contribution is 9.10. The first kappa shape index (κ1) is 11.4. The van der Waals surface area contributed by atoms with Gasteiger partial charge in [0, 0.05) is 11.5 Å². The van der Waals surface area contributed by atoms with E-state index in [0.717, 1.165) is 15.9 Å². The molecular weight excluding hydrogens is 291 g/mol. The standard InChI is InChI=1S/C10H10BrClN4/c1-16-8(6-14-15-16)5-13-10-4-7(11)2-3-9(10)12/h2-4,6,13H,5H2,1H3. The molecule has 2 aromatic rings. The summed E-state index contributed by atoms with van der Waals surface area (Å²) in [4.78, 5) is 0. The predicted molar refractivity (Wildman–Crippen MR) is 67.5 cm³/mol. The summed E-state index contributed by atoms with van der Waals surface area (Å²) in [7, 11) is 1.85. The lowest BCUT2D eigenvalue weighted by atomic mass is 10.3. The first-order valence-corrected chi connectivity index (χ1v) is 5.86. The van der Waals surface area contributed by atoms with Crippen molar-refractivity contribution in [3.8, 4) is 0 Å². The van der Waals surface area contributed by atoms with Crippen molar-refractivity contribution in [3.05, 3.63) is 39.6 Å². The Morgan fingerprint density at radius 2 is 2.31 bits per heavy atom. The van der Waals surface area contributed by atoms with Crippen molar-refractivity contribution in [3.63, 3.8) is 0 Å². The highest BCUT2D eigenvalue weighted by atomic mass is 79.9. The van der Waals surface area contributed by atoms with E-state index >= 15 is 0 Å². The van der Waals surface area contributed by atoms with Crippen molar-refractivity contribution in [1.82, 2.24) is 15.0 Å². The molecule has 6 heteroatoms. The first-order valence-electron chi connectivity index (χ1n) is 4.69. The van der Waals surface area contributed by atoms with Gasteiger partial charge in [-0.15, -0.1) is 5.10 Å². The van der Waals surface area contributed by atoms with E-state index in [1.807, 2.05) is 25.2 Å². The molecule has 1 heterocycles. The molecule has 2 rings (SSSR count). The summed E-state index contributed by atoms with van der Waals surface area (Å²) in [6, 6.07) is 5.68. The minimum Gasteiger partial charge on any atom is -0.378 e. The molecule has 0 unspecified atom stereocenters. The third-order valence-corrected chi connectivity index (χ3v) is 3.02. The molecule has 4 nitrogen and oxygen atoms in total. The zero-order chi connectivity index (χ0) is 11.5. The van der Waals surface area contributed by atoms with Crippen molar-refractivity contribution < 1.29 is 0 Å². The van der Waals surface area contributed by atoms with Crippen molar-refractivity contribution in [2.24, 2.45) is 7.05 Å². The van der Waals surface area contributed by atoms with E-state index in [0.29, 0.717) is 11.6 Å². The Bertz CT molecular complexity index is 497. The second-order valence-corrected chi connectivity index (χ2v) is 4.65. The smallest absolute Gasteiger partial charge is 0.0774 e. The van der Waals surface area contributed by atoms with Crippen LogP contribution in [0.2, 0.25) is 5.02 Å². The molecular formula is C10H10BrClN4. The van der Waals surface area contributed by atoms with Gasteiger partial charge in [0.15, 0.2) is 0 Å². The van der Waals surface area contributed by atoms with Gasteiger partial charge < -0.3 is 5.32 Å². The van der Waals surface area contributed by atoms with Crippen LogP contribution in [-0.4, -0.2) is 15.0 Å². The molecule has 1 N–H and O–H groups in total. The predicted octanol–water partition coefficient (Wildman–Crippen LogP) is 2.84. The SMILES string of the molecule is Cn1nncc1CNc1cc(Br)ccc1Cl. The Morgan fingerprint density at radius 1 is 1.50 bits per heavy atom. The quantitative estimate of drug-likeness (QED) is 0.948. The van der Waals surface area contributed by atoms with Gasteiger partial charge in [-0.1, -0.05) is 32.7 Å². The third kappa shape index (κ3) is 2.54. The lowest BCUT2D eigenvalue weighted by molar-refractivity contribution is 0.683. The fourth-order valence-electron chi connectivity index (χ4n) is 1.29. The second-order valence-electron chi connectivity index (χ2n) is 3.33. The topological polar surface area (TPSA) is 42.7 Å². The van der Waals surface area contributed by atoms with E-state index in [2.05, 4.69) is 31.6 Å². The molecule has 0 amide bonds. The van der Waals surface area contributed by atoms with Crippen LogP contribution < -0.4 is 5.32 Å². The Morgan fingerprint density at radius 3 is 3.00 bits per heavy atom. The molecule has 0 aliphatic rings. The molecule has 0 aliphatic carbocycles. The number of aryl methyl sites for hydroxylation is 1. The van der Waals surface area contributed by atoms with Gasteiger partial charge in [0.25, 0.3) is 0 Å². The van der Waals surface area contributed by atoms with Crippen LogP contribution in [-0.2, 0) is 13.6 Å². The van der Waals surface area contributed by atoms with Crippen molar-refractivity contribution in [1.29, 1.82) is 0 Å². The highest BCUT2D eigenvalue weighted by Crippen LogP contribution is 2.25. The van der Waals surface area contributed by atoms with Crippen LogP contribution in [0.1, 0.15) is 5.69 Å².